The Morgan fingerprint density at radius 3 is 2.09 bits per heavy atom. The molecule has 3 aromatic rings. The minimum Gasteiger partial charge on any atom is -0.332 e. The lowest BCUT2D eigenvalue weighted by molar-refractivity contribution is -0.137. The summed E-state index contributed by atoms with van der Waals surface area (Å²) in [5.41, 5.74) is 0.990. The first-order valence-electron chi connectivity index (χ1n) is 11.0. The maximum absolute atomic E-state index is 13.4. The Labute approximate surface area is 205 Å². The molecule has 0 radical (unpaired) electrons. The van der Waals surface area contributed by atoms with Crippen LogP contribution in [0.2, 0.25) is 0 Å². The molecule has 0 saturated heterocycles. The summed E-state index contributed by atoms with van der Waals surface area (Å²) in [6.45, 7) is 5.72. The molecule has 9 heteroatoms. The van der Waals surface area contributed by atoms with E-state index in [1.54, 1.807) is 30.9 Å². The van der Waals surface area contributed by atoms with E-state index < -0.39 is 17.6 Å². The number of hydrogen-bond donors (Lipinski definition) is 0. The van der Waals surface area contributed by atoms with E-state index in [2.05, 4.69) is 0 Å². The topological polar surface area (TPSA) is 40.6 Å². The molecule has 0 aliphatic carbocycles. The fourth-order valence-corrected chi connectivity index (χ4v) is 4.40. The molecule has 4 nitrogen and oxygen atoms in total. The fraction of sp³-hybridized carbons (Fsp3) is 0.308. The number of thiophene rings is 1. The van der Waals surface area contributed by atoms with Crippen LogP contribution in [0, 0.1) is 12.7 Å². The highest BCUT2D eigenvalue weighted by Gasteiger charge is 2.31. The zero-order chi connectivity index (χ0) is 25.8. The third-order valence-corrected chi connectivity index (χ3v) is 6.60. The maximum Gasteiger partial charge on any atom is 0.416 e. The second kappa shape index (κ2) is 11.0. The van der Waals surface area contributed by atoms with E-state index in [1.807, 2.05) is 18.4 Å². The maximum atomic E-state index is 13.4. The highest BCUT2D eigenvalue weighted by molar-refractivity contribution is 7.10. The second-order valence-corrected chi connectivity index (χ2v) is 9.51. The van der Waals surface area contributed by atoms with Crippen molar-refractivity contribution in [2.24, 2.45) is 0 Å². The zero-order valence-corrected chi connectivity index (χ0v) is 20.4. The van der Waals surface area contributed by atoms with E-state index in [1.165, 1.54) is 28.4 Å². The molecule has 1 heterocycles. The summed E-state index contributed by atoms with van der Waals surface area (Å²) in [5, 5.41) is 1.93. The van der Waals surface area contributed by atoms with E-state index in [0.29, 0.717) is 6.54 Å². The Morgan fingerprint density at radius 2 is 1.57 bits per heavy atom. The number of aryl methyl sites for hydroxylation is 1. The minimum absolute atomic E-state index is 0.0682. The van der Waals surface area contributed by atoms with E-state index in [9.17, 15) is 27.2 Å². The van der Waals surface area contributed by atoms with Gasteiger partial charge in [0.2, 0.25) is 5.91 Å². The predicted octanol–water partition coefficient (Wildman–Crippen LogP) is 6.29. The Kier molecular flexibility index (Phi) is 8.32. The Morgan fingerprint density at radius 1 is 0.943 bits per heavy atom. The molecule has 0 unspecified atom stereocenters. The lowest BCUT2D eigenvalue weighted by Gasteiger charge is -2.30. The molecular weight excluding hydrogens is 480 g/mol. The van der Waals surface area contributed by atoms with Gasteiger partial charge in [0.05, 0.1) is 12.1 Å². The summed E-state index contributed by atoms with van der Waals surface area (Å²) in [5.74, 6) is -1.24. The van der Waals surface area contributed by atoms with Gasteiger partial charge in [0.1, 0.15) is 12.4 Å². The summed E-state index contributed by atoms with van der Waals surface area (Å²) < 4.78 is 52.0. The predicted molar refractivity (Wildman–Crippen MR) is 127 cm³/mol. The van der Waals surface area contributed by atoms with Crippen LogP contribution in [0.5, 0.6) is 0 Å². The number of benzene rings is 2. The van der Waals surface area contributed by atoms with Crippen LogP contribution in [0.3, 0.4) is 0 Å². The third kappa shape index (κ3) is 6.91. The van der Waals surface area contributed by atoms with Gasteiger partial charge in [-0.1, -0.05) is 12.1 Å². The minimum atomic E-state index is -4.50. The summed E-state index contributed by atoms with van der Waals surface area (Å²) in [6.07, 6.45) is -4.50. The molecular formula is C26H26F4N2O2S. The summed E-state index contributed by atoms with van der Waals surface area (Å²) >= 11 is 1.51. The number of carbonyl (C=O) groups is 2. The number of carbonyl (C=O) groups excluding carboxylic acids is 2. The molecule has 0 aliphatic rings. The highest BCUT2D eigenvalue weighted by Crippen LogP contribution is 2.29. The van der Waals surface area contributed by atoms with Crippen LogP contribution in [-0.4, -0.2) is 34.2 Å². The monoisotopic (exact) mass is 506 g/mol. The van der Waals surface area contributed by atoms with Gasteiger partial charge < -0.3 is 9.80 Å². The third-order valence-electron chi connectivity index (χ3n) is 5.59. The van der Waals surface area contributed by atoms with Crippen LogP contribution in [0.1, 0.15) is 45.8 Å². The highest BCUT2D eigenvalue weighted by atomic mass is 32.1. The van der Waals surface area contributed by atoms with Gasteiger partial charge in [0.25, 0.3) is 5.91 Å². The van der Waals surface area contributed by atoms with Crippen molar-refractivity contribution in [1.82, 2.24) is 9.80 Å². The van der Waals surface area contributed by atoms with Crippen molar-refractivity contribution < 1.29 is 27.2 Å². The molecule has 0 fully saturated rings. The standard InChI is InChI=1S/C26H26F4N2O2S/c1-17(2)32(25(34)20-6-8-21(9-7-20)26(28,29)30)16-24(33)31(15-23-18(3)12-13-35-23)14-19-4-10-22(27)11-5-19/h4-13,17H,14-16H2,1-3H3. The Balaban J connectivity index is 1.82. The number of rotatable bonds is 8. The van der Waals surface area contributed by atoms with Crippen LogP contribution in [0.15, 0.2) is 60.0 Å². The number of alkyl halides is 3. The molecule has 2 amide bonds. The molecule has 0 N–H and O–H groups in total. The van der Waals surface area contributed by atoms with Crippen molar-refractivity contribution in [3.63, 3.8) is 0 Å². The van der Waals surface area contributed by atoms with Crippen LogP contribution in [-0.2, 0) is 24.1 Å². The van der Waals surface area contributed by atoms with E-state index in [-0.39, 0.29) is 36.4 Å². The lowest BCUT2D eigenvalue weighted by atomic mass is 10.1. The van der Waals surface area contributed by atoms with Crippen molar-refractivity contribution in [3.8, 4) is 0 Å². The van der Waals surface area contributed by atoms with Crippen LogP contribution >= 0.6 is 11.3 Å². The summed E-state index contributed by atoms with van der Waals surface area (Å²) in [4.78, 5) is 30.4. The smallest absolute Gasteiger partial charge is 0.332 e. The van der Waals surface area contributed by atoms with E-state index in [4.69, 9.17) is 0 Å². The van der Waals surface area contributed by atoms with Crippen molar-refractivity contribution in [3.05, 3.63) is 92.9 Å². The van der Waals surface area contributed by atoms with Gasteiger partial charge in [-0.25, -0.2) is 4.39 Å². The number of nitrogens with zero attached hydrogens (tertiary/aromatic N) is 2. The van der Waals surface area contributed by atoms with E-state index >= 15 is 0 Å². The summed E-state index contributed by atoms with van der Waals surface area (Å²) in [6, 6.07) is 11.4. The Bertz CT molecular complexity index is 1160. The molecule has 1 aromatic heterocycles. The van der Waals surface area contributed by atoms with Gasteiger partial charge in [-0.05, 0) is 79.7 Å². The number of hydrogen-bond acceptors (Lipinski definition) is 3. The first-order chi connectivity index (χ1) is 16.5. The van der Waals surface area contributed by atoms with Crippen molar-refractivity contribution in [2.75, 3.05) is 6.54 Å². The first-order valence-corrected chi connectivity index (χ1v) is 11.9. The molecule has 2 aromatic carbocycles. The first kappa shape index (κ1) is 26.4. The van der Waals surface area contributed by atoms with Gasteiger partial charge in [0.15, 0.2) is 0 Å². The molecule has 3 rings (SSSR count). The van der Waals surface area contributed by atoms with Crippen LogP contribution < -0.4 is 0 Å². The summed E-state index contributed by atoms with van der Waals surface area (Å²) in [7, 11) is 0. The molecule has 0 saturated carbocycles. The Hall–Kier alpha value is -3.20. The lowest BCUT2D eigenvalue weighted by Crippen LogP contribution is -2.45. The van der Waals surface area contributed by atoms with Gasteiger partial charge in [-0.15, -0.1) is 11.3 Å². The van der Waals surface area contributed by atoms with Gasteiger partial charge in [-0.3, -0.25) is 9.59 Å². The average molecular weight is 507 g/mol. The normalized spacial score (nSPS) is 11.5. The van der Waals surface area contributed by atoms with Crippen LogP contribution in [0.25, 0.3) is 0 Å². The quantitative estimate of drug-likeness (QED) is 0.337. The molecule has 0 spiro atoms. The molecule has 35 heavy (non-hydrogen) atoms. The average Bonchev–Trinajstić information content (AvgIpc) is 3.21. The molecule has 0 atom stereocenters. The van der Waals surface area contributed by atoms with Crippen molar-refractivity contribution >= 4 is 23.2 Å². The van der Waals surface area contributed by atoms with Crippen LogP contribution in [0.4, 0.5) is 17.6 Å². The largest absolute Gasteiger partial charge is 0.416 e. The zero-order valence-electron chi connectivity index (χ0n) is 19.6. The van der Waals surface area contributed by atoms with Gasteiger partial charge >= 0.3 is 6.18 Å². The molecule has 0 aliphatic heterocycles. The second-order valence-electron chi connectivity index (χ2n) is 8.50. The fourth-order valence-electron chi connectivity index (χ4n) is 3.48. The SMILES string of the molecule is Cc1ccsc1CN(Cc1ccc(F)cc1)C(=O)CN(C(=O)c1ccc(C(F)(F)F)cc1)C(C)C. The van der Waals surface area contributed by atoms with Gasteiger partial charge in [0, 0.05) is 23.0 Å². The molecule has 186 valence electrons. The van der Waals surface area contributed by atoms with Crippen molar-refractivity contribution in [1.29, 1.82) is 0 Å². The molecule has 0 bridgehead atoms. The van der Waals surface area contributed by atoms with E-state index in [0.717, 1.165) is 40.3 Å². The number of halogens is 4. The van der Waals surface area contributed by atoms with Crippen molar-refractivity contribution in [2.45, 2.75) is 46.1 Å². The number of amides is 2. The van der Waals surface area contributed by atoms with Gasteiger partial charge in [-0.2, -0.15) is 13.2 Å².